The minimum atomic E-state index is -5.08. The van der Waals surface area contributed by atoms with Crippen LogP contribution in [0, 0.1) is 18.8 Å². The molecule has 5 nitrogen and oxygen atoms in total. The highest BCUT2D eigenvalue weighted by atomic mass is 32.1. The van der Waals surface area contributed by atoms with E-state index in [1.807, 2.05) is 24.4 Å². The van der Waals surface area contributed by atoms with Crippen LogP contribution in [0.25, 0.3) is 0 Å². The minimum Gasteiger partial charge on any atom is -0.475 e. The maximum absolute atomic E-state index is 10.6. The first-order chi connectivity index (χ1) is 12.1. The van der Waals surface area contributed by atoms with Crippen LogP contribution in [0.5, 0.6) is 0 Å². The number of rotatable bonds is 3. The molecule has 0 amide bonds. The Labute approximate surface area is 153 Å². The van der Waals surface area contributed by atoms with E-state index in [1.54, 1.807) is 17.5 Å². The number of alkyl halides is 3. The molecule has 0 unspecified atom stereocenters. The van der Waals surface area contributed by atoms with Gasteiger partial charge in [0.25, 0.3) is 0 Å². The van der Waals surface area contributed by atoms with Crippen LogP contribution in [0.3, 0.4) is 0 Å². The third-order valence-corrected chi connectivity index (χ3v) is 3.74. The van der Waals surface area contributed by atoms with Crippen LogP contribution in [-0.4, -0.2) is 33.3 Å². The third kappa shape index (κ3) is 7.98. The highest BCUT2D eigenvalue weighted by molar-refractivity contribution is 7.09. The summed E-state index contributed by atoms with van der Waals surface area (Å²) in [4.78, 5) is 17.6. The first kappa shape index (κ1) is 21.4. The van der Waals surface area contributed by atoms with Gasteiger partial charge in [0.2, 0.25) is 0 Å². The number of aliphatic carboxylic acids is 1. The zero-order valence-electron chi connectivity index (χ0n) is 14.4. The van der Waals surface area contributed by atoms with Crippen LogP contribution >= 0.6 is 11.3 Å². The van der Waals surface area contributed by atoms with Crippen molar-refractivity contribution in [2.24, 2.45) is 0 Å². The molecule has 2 heterocycles. The number of aryl methyl sites for hydroxylation is 1. The molecule has 0 aliphatic carbocycles. The van der Waals surface area contributed by atoms with Gasteiger partial charge in [-0.2, -0.15) is 13.2 Å². The van der Waals surface area contributed by atoms with E-state index in [4.69, 9.17) is 9.90 Å². The van der Waals surface area contributed by atoms with Crippen LogP contribution in [0.1, 0.15) is 36.5 Å². The number of aromatic nitrogens is 2. The van der Waals surface area contributed by atoms with Gasteiger partial charge in [-0.05, 0) is 38.3 Å². The summed E-state index contributed by atoms with van der Waals surface area (Å²) in [6, 6.07) is 4.37. The van der Waals surface area contributed by atoms with Gasteiger partial charge in [-0.15, -0.1) is 11.3 Å². The molecule has 0 fully saturated rings. The van der Waals surface area contributed by atoms with E-state index >= 15 is 0 Å². The lowest BCUT2D eigenvalue weighted by molar-refractivity contribution is -0.192. The van der Waals surface area contributed by atoms with E-state index in [0.29, 0.717) is 6.04 Å². The predicted molar refractivity (Wildman–Crippen MR) is 94.1 cm³/mol. The number of hydrogen-bond acceptors (Lipinski definition) is 5. The number of carboxylic acid groups (broad SMARTS) is 1. The highest BCUT2D eigenvalue weighted by Gasteiger charge is 2.38. The summed E-state index contributed by atoms with van der Waals surface area (Å²) < 4.78 is 31.7. The van der Waals surface area contributed by atoms with Gasteiger partial charge in [0.15, 0.2) is 0 Å². The van der Waals surface area contributed by atoms with Crippen molar-refractivity contribution in [1.82, 2.24) is 9.97 Å². The van der Waals surface area contributed by atoms with Gasteiger partial charge in [-0.1, -0.05) is 12.8 Å². The molecule has 0 spiro atoms. The predicted octanol–water partition coefficient (Wildman–Crippen LogP) is 4.09. The lowest BCUT2D eigenvalue weighted by atomic mass is 10.2. The van der Waals surface area contributed by atoms with Crippen molar-refractivity contribution in [3.8, 4) is 11.8 Å². The summed E-state index contributed by atoms with van der Waals surface area (Å²) in [5.74, 6) is 4.25. The molecule has 0 aliphatic rings. The number of hydrogen-bond donors (Lipinski definition) is 2. The van der Waals surface area contributed by atoms with Crippen molar-refractivity contribution in [2.45, 2.75) is 39.4 Å². The van der Waals surface area contributed by atoms with Crippen molar-refractivity contribution in [1.29, 1.82) is 0 Å². The Hall–Kier alpha value is -2.60. The number of carbonyl (C=O) groups is 1. The van der Waals surface area contributed by atoms with Crippen LogP contribution in [0.15, 0.2) is 23.7 Å². The van der Waals surface area contributed by atoms with E-state index < -0.39 is 12.1 Å². The topological polar surface area (TPSA) is 75.1 Å². The van der Waals surface area contributed by atoms with E-state index in [0.717, 1.165) is 28.5 Å². The first-order valence-corrected chi connectivity index (χ1v) is 8.46. The molecule has 2 N–H and O–H groups in total. The SMILES string of the molecule is CC[C@H](C)Nc1ccc(C#Cc2csc(C)n2)cn1.O=C(O)C(F)(F)F. The average molecular weight is 385 g/mol. The van der Waals surface area contributed by atoms with E-state index in [9.17, 15) is 13.2 Å². The van der Waals surface area contributed by atoms with Gasteiger partial charge < -0.3 is 10.4 Å². The van der Waals surface area contributed by atoms with E-state index in [2.05, 4.69) is 41.0 Å². The number of carboxylic acids is 1. The fraction of sp³-hybridized carbons (Fsp3) is 0.353. The van der Waals surface area contributed by atoms with Crippen LogP contribution in [-0.2, 0) is 4.79 Å². The van der Waals surface area contributed by atoms with Crippen LogP contribution in [0.2, 0.25) is 0 Å². The zero-order valence-corrected chi connectivity index (χ0v) is 15.2. The molecule has 2 aromatic heterocycles. The minimum absolute atomic E-state index is 0.433. The standard InChI is InChI=1S/C15H17N3S.C2HF3O2/c1-4-11(2)17-15-8-6-13(9-16-15)5-7-14-10-19-12(3)18-14;3-2(4,5)1(6)7/h6,8-11H,4H2,1-3H3,(H,16,17);(H,6,7)/t11-;/m0./s1. The number of halogens is 3. The van der Waals surface area contributed by atoms with Gasteiger partial charge in [0.1, 0.15) is 11.5 Å². The second-order valence-corrected chi connectivity index (χ2v) is 6.25. The molecule has 0 aliphatic heterocycles. The summed E-state index contributed by atoms with van der Waals surface area (Å²) in [5, 5.41) is 13.5. The maximum Gasteiger partial charge on any atom is 0.490 e. The monoisotopic (exact) mass is 385 g/mol. The lowest BCUT2D eigenvalue weighted by Crippen LogP contribution is -2.21. The number of nitrogens with zero attached hydrogens (tertiary/aromatic N) is 2. The largest absolute Gasteiger partial charge is 0.490 e. The summed E-state index contributed by atoms with van der Waals surface area (Å²) in [6.45, 7) is 6.26. The molecular weight excluding hydrogens is 367 g/mol. The molecule has 0 radical (unpaired) electrons. The van der Waals surface area contributed by atoms with Gasteiger partial charge in [0, 0.05) is 23.2 Å². The van der Waals surface area contributed by atoms with Gasteiger partial charge in [0.05, 0.1) is 5.01 Å². The summed E-state index contributed by atoms with van der Waals surface area (Å²) in [5.41, 5.74) is 1.73. The van der Waals surface area contributed by atoms with Gasteiger partial charge >= 0.3 is 12.1 Å². The van der Waals surface area contributed by atoms with Gasteiger partial charge in [-0.3, -0.25) is 0 Å². The highest BCUT2D eigenvalue weighted by Crippen LogP contribution is 2.13. The molecule has 0 bridgehead atoms. The fourth-order valence-electron chi connectivity index (χ4n) is 1.46. The summed E-state index contributed by atoms with van der Waals surface area (Å²) >= 11 is 1.61. The molecule has 2 aromatic rings. The van der Waals surface area contributed by atoms with Crippen molar-refractivity contribution in [3.63, 3.8) is 0 Å². The molecule has 0 saturated heterocycles. The smallest absolute Gasteiger partial charge is 0.475 e. The number of pyridine rings is 1. The second kappa shape index (κ2) is 9.77. The van der Waals surface area contributed by atoms with Crippen molar-refractivity contribution in [2.75, 3.05) is 5.32 Å². The number of anilines is 1. The number of nitrogens with one attached hydrogen (secondary N) is 1. The van der Waals surface area contributed by atoms with Crippen LogP contribution < -0.4 is 5.32 Å². The summed E-state index contributed by atoms with van der Waals surface area (Å²) in [7, 11) is 0. The Balaban J connectivity index is 0.000000412. The first-order valence-electron chi connectivity index (χ1n) is 7.58. The molecule has 26 heavy (non-hydrogen) atoms. The van der Waals surface area contributed by atoms with Crippen molar-refractivity contribution in [3.05, 3.63) is 40.0 Å². The fourth-order valence-corrected chi connectivity index (χ4v) is 2.01. The Morgan fingerprint density at radius 2 is 2.04 bits per heavy atom. The Kier molecular flexibility index (Phi) is 8.06. The Bertz CT molecular complexity index is 777. The molecule has 0 saturated carbocycles. The Morgan fingerprint density at radius 1 is 1.38 bits per heavy atom. The maximum atomic E-state index is 10.6. The Morgan fingerprint density at radius 3 is 2.46 bits per heavy atom. The molecule has 2 rings (SSSR count). The molecule has 0 aromatic carbocycles. The normalized spacial score (nSPS) is 11.5. The van der Waals surface area contributed by atoms with Crippen molar-refractivity contribution >= 4 is 23.1 Å². The van der Waals surface area contributed by atoms with Crippen molar-refractivity contribution < 1.29 is 23.1 Å². The zero-order chi connectivity index (χ0) is 19.7. The molecular formula is C17H18F3N3O2S. The average Bonchev–Trinajstić information content (AvgIpc) is 2.99. The second-order valence-electron chi connectivity index (χ2n) is 5.19. The van der Waals surface area contributed by atoms with E-state index in [1.165, 1.54) is 0 Å². The van der Waals surface area contributed by atoms with Gasteiger partial charge in [-0.25, -0.2) is 14.8 Å². The van der Waals surface area contributed by atoms with E-state index in [-0.39, 0.29) is 0 Å². The third-order valence-electron chi connectivity index (χ3n) is 2.97. The molecule has 140 valence electrons. The molecule has 1 atom stereocenters. The van der Waals surface area contributed by atoms with Crippen LogP contribution in [0.4, 0.5) is 19.0 Å². The summed E-state index contributed by atoms with van der Waals surface area (Å²) in [6.07, 6.45) is -2.22. The quantitative estimate of drug-likeness (QED) is 0.779. The number of thiazole rings is 1. The molecule has 9 heteroatoms. The lowest BCUT2D eigenvalue weighted by Gasteiger charge is -2.11.